The minimum atomic E-state index is -0.538. The van der Waals surface area contributed by atoms with Crippen molar-refractivity contribution in [3.05, 3.63) is 50.6 Å². The van der Waals surface area contributed by atoms with Crippen LogP contribution in [-0.4, -0.2) is 16.2 Å². The van der Waals surface area contributed by atoms with E-state index in [1.165, 1.54) is 11.3 Å². The quantitative estimate of drug-likeness (QED) is 0.790. The van der Waals surface area contributed by atoms with Crippen molar-refractivity contribution in [2.45, 2.75) is 6.17 Å². The van der Waals surface area contributed by atoms with Crippen LogP contribution in [0, 0.1) is 0 Å². The van der Waals surface area contributed by atoms with E-state index in [1.807, 2.05) is 24.3 Å². The average Bonchev–Trinajstić information content (AvgIpc) is 2.80. The van der Waals surface area contributed by atoms with Crippen molar-refractivity contribution >= 4 is 38.9 Å². The lowest BCUT2D eigenvalue weighted by molar-refractivity contribution is -0.0843. The molecular weight excluding hydrogens is 316 g/mol. The Labute approximate surface area is 116 Å². The zero-order chi connectivity index (χ0) is 12.7. The Kier molecular flexibility index (Phi) is 2.85. The van der Waals surface area contributed by atoms with E-state index in [0.717, 1.165) is 19.4 Å². The number of hydrogen-bond acceptors (Lipinski definition) is 4. The van der Waals surface area contributed by atoms with Crippen molar-refractivity contribution in [2.75, 3.05) is 5.32 Å². The third-order valence-corrected chi connectivity index (χ3v) is 4.44. The molecule has 1 aromatic carbocycles. The number of halogens is 1. The molecule has 4 nitrogen and oxygen atoms in total. The molecule has 2 aromatic rings. The van der Waals surface area contributed by atoms with Gasteiger partial charge in [-0.05, 0) is 40.2 Å². The minimum Gasteiger partial charge on any atom is -0.358 e. The topological polar surface area (TPSA) is 52.6 Å². The third kappa shape index (κ3) is 1.82. The largest absolute Gasteiger partial charge is 0.358 e. The molecule has 2 heterocycles. The monoisotopic (exact) mass is 324 g/mol. The molecule has 18 heavy (non-hydrogen) atoms. The van der Waals surface area contributed by atoms with Gasteiger partial charge in [0.25, 0.3) is 5.91 Å². The Morgan fingerprint density at radius 2 is 2.06 bits per heavy atom. The van der Waals surface area contributed by atoms with E-state index >= 15 is 0 Å². The number of carbonyl (C=O) groups excluding carboxylic acids is 1. The van der Waals surface area contributed by atoms with Crippen LogP contribution < -0.4 is 5.32 Å². The molecule has 0 unspecified atom stereocenters. The summed E-state index contributed by atoms with van der Waals surface area (Å²) in [5, 5.41) is 13.8. The Hall–Kier alpha value is -1.37. The van der Waals surface area contributed by atoms with E-state index in [1.54, 1.807) is 12.1 Å². The number of fused-ring (bicyclic) bond motifs is 1. The van der Waals surface area contributed by atoms with E-state index in [-0.39, 0.29) is 5.91 Å². The number of thiophene rings is 1. The fraction of sp³-hybridized carbons (Fsp3) is 0.0833. The zero-order valence-corrected chi connectivity index (χ0v) is 11.5. The molecule has 3 rings (SSSR count). The van der Waals surface area contributed by atoms with E-state index in [0.29, 0.717) is 5.56 Å². The van der Waals surface area contributed by atoms with E-state index in [9.17, 15) is 10.0 Å². The van der Waals surface area contributed by atoms with E-state index < -0.39 is 6.17 Å². The van der Waals surface area contributed by atoms with Crippen LogP contribution in [0.4, 0.5) is 5.69 Å². The van der Waals surface area contributed by atoms with Gasteiger partial charge in [-0.1, -0.05) is 12.1 Å². The number of amides is 1. The van der Waals surface area contributed by atoms with Gasteiger partial charge in [-0.3, -0.25) is 10.0 Å². The first-order valence-corrected chi connectivity index (χ1v) is 6.91. The molecule has 0 saturated carbocycles. The van der Waals surface area contributed by atoms with Gasteiger partial charge < -0.3 is 5.32 Å². The maximum atomic E-state index is 12.0. The number of rotatable bonds is 1. The molecule has 1 aliphatic heterocycles. The molecule has 2 N–H and O–H groups in total. The number of benzene rings is 1. The van der Waals surface area contributed by atoms with E-state index in [2.05, 4.69) is 21.2 Å². The Balaban J connectivity index is 2.03. The van der Waals surface area contributed by atoms with E-state index in [4.69, 9.17) is 0 Å². The lowest BCUT2D eigenvalue weighted by Gasteiger charge is -2.32. The minimum absolute atomic E-state index is 0.390. The lowest BCUT2D eigenvalue weighted by atomic mass is 10.1. The predicted molar refractivity (Wildman–Crippen MR) is 72.8 cm³/mol. The fourth-order valence-corrected chi connectivity index (χ4v) is 3.37. The highest BCUT2D eigenvalue weighted by molar-refractivity contribution is 9.11. The van der Waals surface area contributed by atoms with Crippen molar-refractivity contribution in [1.82, 2.24) is 5.06 Å². The van der Waals surface area contributed by atoms with Crippen LogP contribution in [0.3, 0.4) is 0 Å². The smallest absolute Gasteiger partial charge is 0.281 e. The first-order chi connectivity index (χ1) is 8.66. The first kappa shape index (κ1) is 11.7. The normalized spacial score (nSPS) is 18.4. The van der Waals surface area contributed by atoms with Gasteiger partial charge in [0.15, 0.2) is 6.17 Å². The molecule has 1 amide bonds. The molecule has 1 aromatic heterocycles. The second kappa shape index (κ2) is 4.38. The van der Waals surface area contributed by atoms with Gasteiger partial charge in [-0.15, -0.1) is 11.3 Å². The number of anilines is 1. The highest BCUT2D eigenvalue weighted by Crippen LogP contribution is 2.35. The lowest BCUT2D eigenvalue weighted by Crippen LogP contribution is -2.40. The van der Waals surface area contributed by atoms with Crippen molar-refractivity contribution in [3.8, 4) is 0 Å². The number of carbonyl (C=O) groups is 1. The molecular formula is C12H9BrN2O2S. The molecule has 0 fully saturated rings. The molecule has 0 radical (unpaired) electrons. The summed E-state index contributed by atoms with van der Waals surface area (Å²) in [7, 11) is 0. The summed E-state index contributed by atoms with van der Waals surface area (Å²) in [6, 6.07) is 10.9. The third-order valence-electron chi connectivity index (χ3n) is 2.77. The second-order valence-corrected chi connectivity index (χ2v) is 6.38. The van der Waals surface area contributed by atoms with Crippen molar-refractivity contribution in [1.29, 1.82) is 0 Å². The summed E-state index contributed by atoms with van der Waals surface area (Å²) in [5.41, 5.74) is 1.22. The molecule has 0 bridgehead atoms. The summed E-state index contributed by atoms with van der Waals surface area (Å²) in [4.78, 5) is 12.9. The fourth-order valence-electron chi connectivity index (χ4n) is 1.91. The molecule has 1 aliphatic rings. The number of para-hydroxylation sites is 1. The summed E-state index contributed by atoms with van der Waals surface area (Å²) in [6.45, 7) is 0. The van der Waals surface area contributed by atoms with Gasteiger partial charge in [0, 0.05) is 5.69 Å². The first-order valence-electron chi connectivity index (χ1n) is 5.30. The van der Waals surface area contributed by atoms with Gasteiger partial charge in [0.2, 0.25) is 0 Å². The predicted octanol–water partition coefficient (Wildman–Crippen LogP) is 3.47. The van der Waals surface area contributed by atoms with Crippen molar-refractivity contribution in [3.63, 3.8) is 0 Å². The van der Waals surface area contributed by atoms with Gasteiger partial charge in [0.1, 0.15) is 0 Å². The SMILES string of the molecule is O=C1c2ccccc2N[C@H](c2ccc(Br)s2)N1O. The Morgan fingerprint density at radius 3 is 2.78 bits per heavy atom. The maximum Gasteiger partial charge on any atom is 0.281 e. The Bertz CT molecular complexity index is 614. The van der Waals surface area contributed by atoms with Crippen LogP contribution in [0.25, 0.3) is 0 Å². The van der Waals surface area contributed by atoms with Crippen LogP contribution >= 0.6 is 27.3 Å². The van der Waals surface area contributed by atoms with Gasteiger partial charge in [0.05, 0.1) is 14.2 Å². The van der Waals surface area contributed by atoms with Crippen LogP contribution in [-0.2, 0) is 0 Å². The van der Waals surface area contributed by atoms with Crippen LogP contribution in [0.2, 0.25) is 0 Å². The standard InChI is InChI=1S/C12H9BrN2O2S/c13-10-6-5-9(18-10)11-14-8-4-2-1-3-7(8)12(16)15(11)17/h1-6,11,14,17H/t11-/m0/s1. The molecule has 1 atom stereocenters. The average molecular weight is 325 g/mol. The summed E-state index contributed by atoms with van der Waals surface area (Å²) in [6.07, 6.45) is -0.538. The van der Waals surface area contributed by atoms with Crippen LogP contribution in [0.5, 0.6) is 0 Å². The van der Waals surface area contributed by atoms with Crippen molar-refractivity contribution in [2.24, 2.45) is 0 Å². The number of hydroxylamine groups is 2. The summed E-state index contributed by atoms with van der Waals surface area (Å²) in [5.74, 6) is -0.390. The molecule has 0 saturated heterocycles. The number of hydrogen-bond donors (Lipinski definition) is 2. The number of nitrogens with one attached hydrogen (secondary N) is 1. The Morgan fingerprint density at radius 1 is 1.28 bits per heavy atom. The van der Waals surface area contributed by atoms with Crippen LogP contribution in [0.15, 0.2) is 40.2 Å². The highest BCUT2D eigenvalue weighted by atomic mass is 79.9. The van der Waals surface area contributed by atoms with Gasteiger partial charge in [-0.2, -0.15) is 5.06 Å². The zero-order valence-electron chi connectivity index (χ0n) is 9.13. The van der Waals surface area contributed by atoms with Gasteiger partial charge >= 0.3 is 0 Å². The summed E-state index contributed by atoms with van der Waals surface area (Å²) < 4.78 is 0.957. The molecule has 0 spiro atoms. The van der Waals surface area contributed by atoms with Crippen molar-refractivity contribution < 1.29 is 10.0 Å². The highest BCUT2D eigenvalue weighted by Gasteiger charge is 2.32. The summed E-state index contributed by atoms with van der Waals surface area (Å²) >= 11 is 4.85. The molecule has 92 valence electrons. The second-order valence-electron chi connectivity index (χ2n) is 3.88. The number of nitrogens with zero attached hydrogens (tertiary/aromatic N) is 1. The van der Waals surface area contributed by atoms with Crippen LogP contribution in [0.1, 0.15) is 21.4 Å². The maximum absolute atomic E-state index is 12.0. The molecule has 6 heteroatoms. The molecule has 0 aliphatic carbocycles. The van der Waals surface area contributed by atoms with Gasteiger partial charge in [-0.25, -0.2) is 0 Å².